The van der Waals surface area contributed by atoms with Gasteiger partial charge in [0.15, 0.2) is 0 Å². The summed E-state index contributed by atoms with van der Waals surface area (Å²) in [5.41, 5.74) is 3.37. The second-order valence-electron chi connectivity index (χ2n) is 4.19. The highest BCUT2D eigenvalue weighted by molar-refractivity contribution is 9.11. The molecule has 0 spiro atoms. The number of phenols is 1. The predicted octanol–water partition coefficient (Wildman–Crippen LogP) is 4.99. The number of amides is 1. The lowest BCUT2D eigenvalue weighted by Gasteiger charge is -2.03. The van der Waals surface area contributed by atoms with Crippen LogP contribution in [0.3, 0.4) is 0 Å². The third-order valence-corrected chi connectivity index (χ3v) is 4.19. The molecule has 2 aromatic rings. The third-order valence-electron chi connectivity index (χ3n) is 2.54. The SMILES string of the molecule is O=C(N/N=C/c1cc(Br)c(O)c(Br)c1)c1cc(Cl)cc(Cl)c1. The Balaban J connectivity index is 2.10. The van der Waals surface area contributed by atoms with Crippen molar-refractivity contribution in [2.45, 2.75) is 0 Å². The number of rotatable bonds is 3. The highest BCUT2D eigenvalue weighted by Crippen LogP contribution is 2.32. The van der Waals surface area contributed by atoms with E-state index >= 15 is 0 Å². The van der Waals surface area contributed by atoms with E-state index in [4.69, 9.17) is 23.2 Å². The molecular weight excluding hydrogens is 459 g/mol. The molecule has 0 saturated carbocycles. The van der Waals surface area contributed by atoms with Gasteiger partial charge in [-0.05, 0) is 67.8 Å². The number of nitrogens with zero attached hydrogens (tertiary/aromatic N) is 1. The molecule has 2 aromatic carbocycles. The molecule has 0 heterocycles. The van der Waals surface area contributed by atoms with Gasteiger partial charge in [0.05, 0.1) is 15.2 Å². The summed E-state index contributed by atoms with van der Waals surface area (Å²) in [6.07, 6.45) is 1.44. The van der Waals surface area contributed by atoms with E-state index in [1.807, 2.05) is 0 Å². The fourth-order valence-electron chi connectivity index (χ4n) is 1.57. The summed E-state index contributed by atoms with van der Waals surface area (Å²) >= 11 is 18.1. The number of carbonyl (C=O) groups excluding carboxylic acids is 1. The fourth-order valence-corrected chi connectivity index (χ4v) is 3.32. The Morgan fingerprint density at radius 1 is 1.09 bits per heavy atom. The lowest BCUT2D eigenvalue weighted by molar-refractivity contribution is 0.0955. The van der Waals surface area contributed by atoms with Crippen LogP contribution < -0.4 is 5.43 Å². The second kappa shape index (κ2) is 7.46. The molecule has 0 aliphatic carbocycles. The topological polar surface area (TPSA) is 61.7 Å². The first-order valence-electron chi connectivity index (χ1n) is 5.84. The van der Waals surface area contributed by atoms with E-state index in [-0.39, 0.29) is 5.75 Å². The molecule has 1 amide bonds. The van der Waals surface area contributed by atoms with Crippen LogP contribution in [0.4, 0.5) is 0 Å². The molecule has 0 radical (unpaired) electrons. The zero-order chi connectivity index (χ0) is 16.3. The molecule has 8 heteroatoms. The second-order valence-corrected chi connectivity index (χ2v) is 6.77. The smallest absolute Gasteiger partial charge is 0.271 e. The molecule has 0 saturated heterocycles. The number of phenolic OH excluding ortho intramolecular Hbond substituents is 1. The first-order valence-corrected chi connectivity index (χ1v) is 8.18. The first kappa shape index (κ1) is 17.3. The maximum atomic E-state index is 11.9. The van der Waals surface area contributed by atoms with Crippen LogP contribution in [-0.4, -0.2) is 17.2 Å². The van der Waals surface area contributed by atoms with Gasteiger partial charge < -0.3 is 5.11 Å². The van der Waals surface area contributed by atoms with E-state index in [9.17, 15) is 9.90 Å². The zero-order valence-electron chi connectivity index (χ0n) is 10.8. The van der Waals surface area contributed by atoms with Gasteiger partial charge in [-0.15, -0.1) is 0 Å². The van der Waals surface area contributed by atoms with Gasteiger partial charge in [-0.25, -0.2) is 5.43 Å². The van der Waals surface area contributed by atoms with Gasteiger partial charge in [0.2, 0.25) is 0 Å². The lowest BCUT2D eigenvalue weighted by atomic mass is 10.2. The van der Waals surface area contributed by atoms with Crippen molar-refractivity contribution in [3.8, 4) is 5.75 Å². The van der Waals surface area contributed by atoms with Crippen molar-refractivity contribution in [3.05, 3.63) is 60.4 Å². The summed E-state index contributed by atoms with van der Waals surface area (Å²) in [6, 6.07) is 7.84. The van der Waals surface area contributed by atoms with Gasteiger partial charge in [0.1, 0.15) is 5.75 Å². The first-order chi connectivity index (χ1) is 10.4. The Bertz CT molecular complexity index is 723. The van der Waals surface area contributed by atoms with Crippen LogP contribution in [-0.2, 0) is 0 Å². The van der Waals surface area contributed by atoms with Crippen molar-refractivity contribution < 1.29 is 9.90 Å². The van der Waals surface area contributed by atoms with Crippen molar-refractivity contribution >= 4 is 67.2 Å². The average molecular weight is 467 g/mol. The standard InChI is InChI=1S/C14H8Br2Cl2N2O2/c15-11-1-7(2-12(16)13(11)21)6-19-20-14(22)8-3-9(17)5-10(18)4-8/h1-6,21H,(H,20,22)/b19-6+. The summed E-state index contributed by atoms with van der Waals surface area (Å²) in [5, 5.41) is 14.2. The van der Waals surface area contributed by atoms with E-state index in [1.165, 1.54) is 24.4 Å². The largest absolute Gasteiger partial charge is 0.506 e. The van der Waals surface area contributed by atoms with Crippen molar-refractivity contribution in [1.82, 2.24) is 5.43 Å². The number of hydrazone groups is 1. The molecule has 4 nitrogen and oxygen atoms in total. The summed E-state index contributed by atoms with van der Waals surface area (Å²) in [6.45, 7) is 0. The highest BCUT2D eigenvalue weighted by atomic mass is 79.9. The van der Waals surface area contributed by atoms with Gasteiger partial charge in [-0.1, -0.05) is 23.2 Å². The predicted molar refractivity (Wildman–Crippen MR) is 95.0 cm³/mol. The Hall–Kier alpha value is -1.08. The van der Waals surface area contributed by atoms with Crippen LogP contribution in [0.1, 0.15) is 15.9 Å². The molecule has 0 aliphatic rings. The Morgan fingerprint density at radius 3 is 2.18 bits per heavy atom. The molecule has 0 aromatic heterocycles. The van der Waals surface area contributed by atoms with Crippen molar-refractivity contribution in [2.24, 2.45) is 5.10 Å². The average Bonchev–Trinajstić information content (AvgIpc) is 2.43. The number of carbonyl (C=O) groups is 1. The maximum Gasteiger partial charge on any atom is 0.271 e. The number of hydrogen-bond acceptors (Lipinski definition) is 3. The van der Waals surface area contributed by atoms with Crippen LogP contribution in [0.25, 0.3) is 0 Å². The van der Waals surface area contributed by atoms with E-state index in [2.05, 4.69) is 42.4 Å². The van der Waals surface area contributed by atoms with Crippen LogP contribution in [0, 0.1) is 0 Å². The molecule has 2 rings (SSSR count). The number of benzene rings is 2. The quantitative estimate of drug-likeness (QED) is 0.494. The highest BCUT2D eigenvalue weighted by Gasteiger charge is 2.07. The van der Waals surface area contributed by atoms with Crippen molar-refractivity contribution in [1.29, 1.82) is 0 Å². The molecule has 22 heavy (non-hydrogen) atoms. The number of halogens is 4. The summed E-state index contributed by atoms with van der Waals surface area (Å²) in [4.78, 5) is 11.9. The molecule has 0 fully saturated rings. The number of nitrogens with one attached hydrogen (secondary N) is 1. The monoisotopic (exact) mass is 464 g/mol. The summed E-state index contributed by atoms with van der Waals surface area (Å²) in [7, 11) is 0. The van der Waals surface area contributed by atoms with Crippen LogP contribution in [0.15, 0.2) is 44.4 Å². The van der Waals surface area contributed by atoms with E-state index in [1.54, 1.807) is 12.1 Å². The molecule has 0 atom stereocenters. The normalized spacial score (nSPS) is 10.9. The minimum atomic E-state index is -0.433. The number of hydrogen-bond donors (Lipinski definition) is 2. The van der Waals surface area contributed by atoms with Gasteiger partial charge in [-0.2, -0.15) is 5.10 Å². The molecule has 0 unspecified atom stereocenters. The molecule has 114 valence electrons. The Morgan fingerprint density at radius 2 is 1.64 bits per heavy atom. The van der Waals surface area contributed by atoms with E-state index in [0.717, 1.165) is 0 Å². The van der Waals surface area contributed by atoms with Gasteiger partial charge in [-0.3, -0.25) is 4.79 Å². The van der Waals surface area contributed by atoms with Crippen molar-refractivity contribution in [3.63, 3.8) is 0 Å². The Kier molecular flexibility index (Phi) is 5.86. The third kappa shape index (κ3) is 4.46. The number of aromatic hydroxyl groups is 1. The van der Waals surface area contributed by atoms with Crippen LogP contribution in [0.5, 0.6) is 5.75 Å². The van der Waals surface area contributed by atoms with E-state index < -0.39 is 5.91 Å². The van der Waals surface area contributed by atoms with Gasteiger partial charge >= 0.3 is 0 Å². The Labute approximate surface area is 153 Å². The maximum absolute atomic E-state index is 11.9. The lowest BCUT2D eigenvalue weighted by Crippen LogP contribution is -2.17. The minimum Gasteiger partial charge on any atom is -0.506 e. The minimum absolute atomic E-state index is 0.0924. The van der Waals surface area contributed by atoms with Crippen LogP contribution in [0.2, 0.25) is 10.0 Å². The summed E-state index contributed by atoms with van der Waals surface area (Å²) < 4.78 is 1.02. The summed E-state index contributed by atoms with van der Waals surface area (Å²) in [5.74, 6) is -0.340. The van der Waals surface area contributed by atoms with Gasteiger partial charge in [0, 0.05) is 15.6 Å². The molecule has 0 aliphatic heterocycles. The molecule has 0 bridgehead atoms. The zero-order valence-corrected chi connectivity index (χ0v) is 15.5. The van der Waals surface area contributed by atoms with E-state index in [0.29, 0.717) is 30.1 Å². The molecule has 2 N–H and O–H groups in total. The fraction of sp³-hybridized carbons (Fsp3) is 0. The van der Waals surface area contributed by atoms with Crippen molar-refractivity contribution in [2.75, 3.05) is 0 Å². The van der Waals surface area contributed by atoms with Gasteiger partial charge in [0.25, 0.3) is 5.91 Å². The molecular formula is C14H8Br2Cl2N2O2. The van der Waals surface area contributed by atoms with Crippen LogP contribution >= 0.6 is 55.1 Å².